The number of rotatable bonds is 0. The van der Waals surface area contributed by atoms with Crippen LogP contribution < -0.4 is 5.32 Å². The fourth-order valence-electron chi connectivity index (χ4n) is 2.06. The van der Waals surface area contributed by atoms with E-state index in [1.165, 1.54) is 19.3 Å². The van der Waals surface area contributed by atoms with Crippen LogP contribution in [0.4, 0.5) is 0 Å². The molecular weight excluding hydrogens is 380 g/mol. The Hall–Kier alpha value is 0.930. The summed E-state index contributed by atoms with van der Waals surface area (Å²) in [5, 5.41) is 3.09. The molecule has 2 rings (SSSR count). The highest BCUT2D eigenvalue weighted by Gasteiger charge is 2.40. The molecule has 2 bridgehead atoms. The number of carbonyl (C=O) groups is 1. The Labute approximate surface area is 99.5 Å². The summed E-state index contributed by atoms with van der Waals surface area (Å²) >= 11 is 4.74. The lowest BCUT2D eigenvalue weighted by molar-refractivity contribution is -0.124. The third kappa shape index (κ3) is 1.60. The predicted molar refractivity (Wildman–Crippen MR) is 64.9 cm³/mol. The maximum absolute atomic E-state index is 11.4. The molecule has 0 spiro atoms. The molecule has 1 saturated heterocycles. The summed E-state index contributed by atoms with van der Waals surface area (Å²) < 4.78 is 0.884. The minimum atomic E-state index is 0.225. The number of nitrogens with one attached hydrogen (secondary N) is 1. The van der Waals surface area contributed by atoms with Gasteiger partial charge in [-0.05, 0) is 25.2 Å². The molecule has 0 unspecified atom stereocenters. The highest BCUT2D eigenvalue weighted by Crippen LogP contribution is 2.37. The van der Waals surface area contributed by atoms with E-state index in [-0.39, 0.29) is 9.83 Å². The van der Waals surface area contributed by atoms with Gasteiger partial charge in [0.05, 0.1) is 3.92 Å². The molecule has 4 atom stereocenters. The van der Waals surface area contributed by atoms with Crippen LogP contribution in [0.3, 0.4) is 0 Å². The molecule has 0 radical (unpaired) electrons. The molecule has 12 heavy (non-hydrogen) atoms. The van der Waals surface area contributed by atoms with E-state index < -0.39 is 0 Å². The number of fused-ring (bicyclic) bond motifs is 2. The average Bonchev–Trinajstić information content (AvgIpc) is 2.06. The first-order valence-corrected chi connectivity index (χ1v) is 6.76. The molecular formula is C8H11I2NO. The van der Waals surface area contributed by atoms with Crippen molar-refractivity contribution in [2.24, 2.45) is 5.92 Å². The SMILES string of the molecule is O=C1N[C@H]2C[C@H](CC[C@@H]2I)[C@H]1I. The average molecular weight is 391 g/mol. The van der Waals surface area contributed by atoms with Crippen LogP contribution in [0.25, 0.3) is 0 Å². The van der Waals surface area contributed by atoms with Crippen molar-refractivity contribution in [2.45, 2.75) is 33.2 Å². The molecule has 1 aliphatic heterocycles. The first kappa shape index (κ1) is 9.48. The minimum absolute atomic E-state index is 0.225. The molecule has 1 amide bonds. The lowest BCUT2D eigenvalue weighted by Gasteiger charge is -2.40. The van der Waals surface area contributed by atoms with Crippen LogP contribution in [-0.2, 0) is 4.79 Å². The van der Waals surface area contributed by atoms with Crippen LogP contribution in [0.2, 0.25) is 0 Å². The van der Waals surface area contributed by atoms with Gasteiger partial charge in [0, 0.05) is 9.97 Å². The molecule has 4 heteroatoms. The Morgan fingerprint density at radius 2 is 2.08 bits per heavy atom. The summed E-state index contributed by atoms with van der Waals surface area (Å²) in [5.74, 6) is 0.911. The maximum atomic E-state index is 11.4. The third-order valence-corrected chi connectivity index (χ3v) is 5.87. The lowest BCUT2D eigenvalue weighted by atomic mass is 9.80. The predicted octanol–water partition coefficient (Wildman–Crippen LogP) is 1.89. The largest absolute Gasteiger partial charge is 0.351 e. The zero-order valence-electron chi connectivity index (χ0n) is 6.59. The fraction of sp³-hybridized carbons (Fsp3) is 0.875. The number of carbonyl (C=O) groups excluding carboxylic acids is 1. The van der Waals surface area contributed by atoms with Crippen LogP contribution in [0.15, 0.2) is 0 Å². The van der Waals surface area contributed by atoms with Gasteiger partial charge in [-0.2, -0.15) is 0 Å². The van der Waals surface area contributed by atoms with Gasteiger partial charge in [0.1, 0.15) is 0 Å². The van der Waals surface area contributed by atoms with E-state index >= 15 is 0 Å². The Bertz CT molecular complexity index is 209. The second kappa shape index (κ2) is 3.59. The van der Waals surface area contributed by atoms with Gasteiger partial charge < -0.3 is 5.32 Å². The van der Waals surface area contributed by atoms with Crippen LogP contribution in [0.1, 0.15) is 19.3 Å². The van der Waals surface area contributed by atoms with E-state index in [1.54, 1.807) is 0 Å². The summed E-state index contributed by atoms with van der Waals surface area (Å²) in [7, 11) is 0. The van der Waals surface area contributed by atoms with E-state index in [1.807, 2.05) is 0 Å². The zero-order chi connectivity index (χ0) is 8.72. The van der Waals surface area contributed by atoms with Crippen molar-refractivity contribution in [3.63, 3.8) is 0 Å². The summed E-state index contributed by atoms with van der Waals surface area (Å²) in [6.07, 6.45) is 3.72. The van der Waals surface area contributed by atoms with E-state index in [2.05, 4.69) is 50.5 Å². The second-order valence-corrected chi connectivity index (χ2v) is 6.55. The van der Waals surface area contributed by atoms with Crippen LogP contribution >= 0.6 is 45.2 Å². The molecule has 2 nitrogen and oxygen atoms in total. The molecule has 1 saturated carbocycles. The molecule has 0 aromatic rings. The second-order valence-electron chi connectivity index (χ2n) is 3.61. The number of halogens is 2. The van der Waals surface area contributed by atoms with E-state index in [0.29, 0.717) is 15.9 Å². The topological polar surface area (TPSA) is 29.1 Å². The molecule has 2 aliphatic rings. The van der Waals surface area contributed by atoms with Crippen LogP contribution in [0, 0.1) is 5.92 Å². The quantitative estimate of drug-likeness (QED) is 0.496. The molecule has 0 aromatic heterocycles. The molecule has 0 aromatic carbocycles. The number of piperidine rings is 1. The molecule has 68 valence electrons. The number of alkyl halides is 2. The monoisotopic (exact) mass is 391 g/mol. The van der Waals surface area contributed by atoms with Crippen LogP contribution in [0.5, 0.6) is 0 Å². The van der Waals surface area contributed by atoms with E-state index in [0.717, 1.165) is 0 Å². The van der Waals surface area contributed by atoms with Gasteiger partial charge in [-0.25, -0.2) is 0 Å². The third-order valence-electron chi connectivity index (χ3n) is 2.80. The Morgan fingerprint density at radius 3 is 2.83 bits per heavy atom. The minimum Gasteiger partial charge on any atom is -0.351 e. The van der Waals surface area contributed by atoms with Crippen molar-refractivity contribution >= 4 is 51.1 Å². The number of amides is 1. The smallest absolute Gasteiger partial charge is 0.233 e. The van der Waals surface area contributed by atoms with Gasteiger partial charge in [0.2, 0.25) is 5.91 Å². The Kier molecular flexibility index (Phi) is 2.84. The first-order valence-electron chi connectivity index (χ1n) is 4.27. The van der Waals surface area contributed by atoms with E-state index in [9.17, 15) is 4.79 Å². The van der Waals surface area contributed by atoms with Crippen molar-refractivity contribution in [3.8, 4) is 0 Å². The molecule has 1 aliphatic carbocycles. The van der Waals surface area contributed by atoms with E-state index in [4.69, 9.17) is 0 Å². The van der Waals surface area contributed by atoms with Gasteiger partial charge >= 0.3 is 0 Å². The summed E-state index contributed by atoms with van der Waals surface area (Å²) in [6, 6.07) is 0.461. The normalized spacial score (nSPS) is 47.0. The van der Waals surface area contributed by atoms with Crippen molar-refractivity contribution in [1.82, 2.24) is 5.32 Å². The standard InChI is InChI=1S/C8H11I2NO/c9-5-2-1-4-3-6(5)11-8(12)7(4)10/h4-7H,1-3H2,(H,11,12)/t4-,5-,6-,7+/m0/s1. The van der Waals surface area contributed by atoms with Crippen LogP contribution in [-0.4, -0.2) is 19.8 Å². The van der Waals surface area contributed by atoms with Gasteiger partial charge in [0.25, 0.3) is 0 Å². The van der Waals surface area contributed by atoms with Crippen molar-refractivity contribution in [3.05, 3.63) is 0 Å². The van der Waals surface area contributed by atoms with Gasteiger partial charge in [-0.15, -0.1) is 0 Å². The highest BCUT2D eigenvalue weighted by atomic mass is 127. The summed E-state index contributed by atoms with van der Waals surface area (Å²) in [6.45, 7) is 0. The van der Waals surface area contributed by atoms with Crippen molar-refractivity contribution in [2.75, 3.05) is 0 Å². The fourth-order valence-corrected chi connectivity index (χ4v) is 3.72. The van der Waals surface area contributed by atoms with Crippen molar-refractivity contribution in [1.29, 1.82) is 0 Å². The Morgan fingerprint density at radius 1 is 1.33 bits per heavy atom. The van der Waals surface area contributed by atoms with Crippen molar-refractivity contribution < 1.29 is 4.79 Å². The summed E-state index contributed by atoms with van der Waals surface area (Å²) in [4.78, 5) is 11.4. The summed E-state index contributed by atoms with van der Waals surface area (Å²) in [5.41, 5.74) is 0. The number of hydrogen-bond acceptors (Lipinski definition) is 1. The molecule has 2 fully saturated rings. The maximum Gasteiger partial charge on any atom is 0.233 e. The highest BCUT2D eigenvalue weighted by molar-refractivity contribution is 14.1. The zero-order valence-corrected chi connectivity index (χ0v) is 10.9. The molecule has 1 heterocycles. The lowest BCUT2D eigenvalue weighted by Crippen LogP contribution is -2.55. The van der Waals surface area contributed by atoms with Gasteiger partial charge in [-0.3, -0.25) is 4.79 Å². The van der Waals surface area contributed by atoms with Gasteiger partial charge in [-0.1, -0.05) is 45.2 Å². The first-order chi connectivity index (χ1) is 5.68. The Balaban J connectivity index is 2.13. The molecule has 1 N–H and O–H groups in total. The van der Waals surface area contributed by atoms with Gasteiger partial charge in [0.15, 0.2) is 0 Å². The number of hydrogen-bond donors (Lipinski definition) is 1.